The highest BCUT2D eigenvalue weighted by Crippen LogP contribution is 2.20. The van der Waals surface area contributed by atoms with E-state index in [-0.39, 0.29) is 17.9 Å². The molecule has 0 saturated heterocycles. The zero-order valence-electron chi connectivity index (χ0n) is 14.6. The molecule has 23 heavy (non-hydrogen) atoms. The Morgan fingerprint density at radius 3 is 2.70 bits per heavy atom. The van der Waals surface area contributed by atoms with Crippen LogP contribution in [0.2, 0.25) is 0 Å². The zero-order chi connectivity index (χ0) is 17.2. The fourth-order valence-corrected chi connectivity index (χ4v) is 2.69. The first-order valence-electron chi connectivity index (χ1n) is 7.92. The molecule has 2 rings (SSSR count). The molecule has 6 nitrogen and oxygen atoms in total. The van der Waals surface area contributed by atoms with Gasteiger partial charge in [0.05, 0.1) is 11.3 Å². The van der Waals surface area contributed by atoms with E-state index in [0.717, 1.165) is 16.7 Å². The summed E-state index contributed by atoms with van der Waals surface area (Å²) in [6.07, 6.45) is 2.18. The molecule has 0 bridgehead atoms. The number of hydrogen-bond acceptors (Lipinski definition) is 4. The Labute approximate surface area is 137 Å². The van der Waals surface area contributed by atoms with Gasteiger partial charge in [-0.3, -0.25) is 9.48 Å². The van der Waals surface area contributed by atoms with Gasteiger partial charge in [0.15, 0.2) is 5.65 Å². The number of hydrogen-bond donors (Lipinski definition) is 1. The summed E-state index contributed by atoms with van der Waals surface area (Å²) in [4.78, 5) is 19.0. The van der Waals surface area contributed by atoms with Gasteiger partial charge in [-0.1, -0.05) is 20.8 Å². The van der Waals surface area contributed by atoms with Crippen molar-refractivity contribution >= 4 is 16.9 Å². The highest BCUT2D eigenvalue weighted by Gasteiger charge is 2.22. The van der Waals surface area contributed by atoms with Crippen molar-refractivity contribution in [3.8, 4) is 0 Å². The summed E-state index contributed by atoms with van der Waals surface area (Å²) in [5, 5.41) is 14.3. The van der Waals surface area contributed by atoms with Crippen LogP contribution < -0.4 is 0 Å². The van der Waals surface area contributed by atoms with E-state index in [2.05, 4.69) is 30.9 Å². The molecule has 0 saturated carbocycles. The minimum absolute atomic E-state index is 0.00708. The van der Waals surface area contributed by atoms with Crippen molar-refractivity contribution in [3.05, 3.63) is 23.5 Å². The second kappa shape index (κ2) is 6.66. The minimum atomic E-state index is -0.0500. The van der Waals surface area contributed by atoms with Crippen LogP contribution >= 0.6 is 0 Å². The molecule has 2 heterocycles. The first-order chi connectivity index (χ1) is 10.7. The molecule has 126 valence electrons. The second-order valence-corrected chi connectivity index (χ2v) is 7.17. The molecule has 0 aliphatic rings. The van der Waals surface area contributed by atoms with Gasteiger partial charge in [-0.2, -0.15) is 5.10 Å². The summed E-state index contributed by atoms with van der Waals surface area (Å²) in [7, 11) is 1.84. The lowest BCUT2D eigenvalue weighted by atomic mass is 9.95. The highest BCUT2D eigenvalue weighted by atomic mass is 16.3. The zero-order valence-corrected chi connectivity index (χ0v) is 14.6. The van der Waals surface area contributed by atoms with Crippen molar-refractivity contribution in [2.45, 2.75) is 34.1 Å². The fraction of sp³-hybridized carbons (Fsp3) is 0.588. The average Bonchev–Trinajstić information content (AvgIpc) is 2.76. The molecule has 2 aromatic rings. The molecule has 0 fully saturated rings. The molecule has 1 N–H and O–H groups in total. The van der Waals surface area contributed by atoms with E-state index in [1.54, 1.807) is 15.8 Å². The van der Waals surface area contributed by atoms with Gasteiger partial charge in [0.25, 0.3) is 5.91 Å². The van der Waals surface area contributed by atoms with Crippen LogP contribution in [0.5, 0.6) is 0 Å². The third kappa shape index (κ3) is 4.07. The van der Waals surface area contributed by atoms with Crippen molar-refractivity contribution < 1.29 is 9.90 Å². The first kappa shape index (κ1) is 17.4. The molecule has 0 unspecified atom stereocenters. The van der Waals surface area contributed by atoms with Gasteiger partial charge in [-0.25, -0.2) is 4.98 Å². The molecule has 2 aromatic heterocycles. The smallest absolute Gasteiger partial charge is 0.255 e. The number of aryl methyl sites for hydroxylation is 2. The summed E-state index contributed by atoms with van der Waals surface area (Å²) < 4.78 is 1.72. The van der Waals surface area contributed by atoms with Crippen LogP contribution in [0.15, 0.2) is 12.3 Å². The van der Waals surface area contributed by atoms with Gasteiger partial charge >= 0.3 is 0 Å². The molecular formula is C17H26N4O2. The van der Waals surface area contributed by atoms with Crippen LogP contribution in [-0.2, 0) is 7.05 Å². The topological polar surface area (TPSA) is 71.2 Å². The molecule has 0 aliphatic carbocycles. The van der Waals surface area contributed by atoms with Crippen molar-refractivity contribution in [1.29, 1.82) is 0 Å². The van der Waals surface area contributed by atoms with Crippen molar-refractivity contribution in [2.24, 2.45) is 12.5 Å². The fourth-order valence-electron chi connectivity index (χ4n) is 2.69. The molecular weight excluding hydrogens is 292 g/mol. The number of pyridine rings is 1. The van der Waals surface area contributed by atoms with Crippen molar-refractivity contribution in [1.82, 2.24) is 19.7 Å². The Morgan fingerprint density at radius 1 is 1.39 bits per heavy atom. The normalized spacial score (nSPS) is 11.9. The van der Waals surface area contributed by atoms with Crippen LogP contribution in [-0.4, -0.2) is 50.4 Å². The Morgan fingerprint density at radius 2 is 2.09 bits per heavy atom. The maximum Gasteiger partial charge on any atom is 0.255 e. The molecule has 6 heteroatoms. The number of aromatic nitrogens is 3. The maximum absolute atomic E-state index is 12.9. The lowest BCUT2D eigenvalue weighted by Crippen LogP contribution is -2.38. The Kier molecular flexibility index (Phi) is 5.04. The highest BCUT2D eigenvalue weighted by molar-refractivity contribution is 5.97. The lowest BCUT2D eigenvalue weighted by Gasteiger charge is -2.30. The summed E-state index contributed by atoms with van der Waals surface area (Å²) in [5.74, 6) is -0.0500. The Bertz CT molecular complexity index is 700. The maximum atomic E-state index is 12.9. The summed E-state index contributed by atoms with van der Waals surface area (Å²) >= 11 is 0. The SMILES string of the molecule is Cc1nn(C)c2ncc(C(=O)N(CCCO)CC(C)(C)C)cc12. The van der Waals surface area contributed by atoms with Gasteiger partial charge < -0.3 is 10.0 Å². The minimum Gasteiger partial charge on any atom is -0.396 e. The predicted molar refractivity (Wildman–Crippen MR) is 90.3 cm³/mol. The van der Waals surface area contributed by atoms with Crippen LogP contribution in [0.3, 0.4) is 0 Å². The van der Waals surface area contributed by atoms with Crippen LogP contribution in [0, 0.1) is 12.3 Å². The molecule has 1 amide bonds. The quantitative estimate of drug-likeness (QED) is 0.917. The lowest BCUT2D eigenvalue weighted by molar-refractivity contribution is 0.0682. The Hall–Kier alpha value is -1.95. The largest absolute Gasteiger partial charge is 0.396 e. The Balaban J connectivity index is 2.33. The van der Waals surface area contributed by atoms with E-state index >= 15 is 0 Å². The molecule has 0 aliphatic heterocycles. The van der Waals surface area contributed by atoms with E-state index in [1.165, 1.54) is 0 Å². The van der Waals surface area contributed by atoms with Crippen molar-refractivity contribution in [2.75, 3.05) is 19.7 Å². The van der Waals surface area contributed by atoms with Crippen molar-refractivity contribution in [3.63, 3.8) is 0 Å². The van der Waals surface area contributed by atoms with Gasteiger partial charge in [0.1, 0.15) is 0 Å². The number of fused-ring (bicyclic) bond motifs is 1. The third-order valence-electron chi connectivity index (χ3n) is 3.65. The van der Waals surface area contributed by atoms with E-state index in [1.807, 2.05) is 20.0 Å². The van der Waals surface area contributed by atoms with Gasteiger partial charge in [-0.05, 0) is 24.8 Å². The number of nitrogens with zero attached hydrogens (tertiary/aromatic N) is 4. The molecule has 0 aromatic carbocycles. The predicted octanol–water partition coefficient (Wildman–Crippen LogP) is 2.15. The summed E-state index contributed by atoms with van der Waals surface area (Å²) in [5.41, 5.74) is 2.20. The first-order valence-corrected chi connectivity index (χ1v) is 7.92. The monoisotopic (exact) mass is 318 g/mol. The van der Waals surface area contributed by atoms with Crippen LogP contribution in [0.1, 0.15) is 43.2 Å². The summed E-state index contributed by atoms with van der Waals surface area (Å²) in [6, 6.07) is 1.86. The number of aliphatic hydroxyl groups excluding tert-OH is 1. The number of carbonyl (C=O) groups is 1. The van der Waals surface area contributed by atoms with E-state index < -0.39 is 0 Å². The standard InChI is InChI=1S/C17H26N4O2/c1-12-14-9-13(10-18-15(14)20(5)19-12)16(23)21(7-6-8-22)11-17(2,3)4/h9-10,22H,6-8,11H2,1-5H3. The molecule has 0 radical (unpaired) electrons. The van der Waals surface area contributed by atoms with Crippen LogP contribution in [0.25, 0.3) is 11.0 Å². The van der Waals surface area contributed by atoms with E-state index in [4.69, 9.17) is 5.11 Å². The van der Waals surface area contributed by atoms with Gasteiger partial charge in [0.2, 0.25) is 0 Å². The number of carbonyl (C=O) groups excluding carboxylic acids is 1. The average molecular weight is 318 g/mol. The second-order valence-electron chi connectivity index (χ2n) is 7.17. The van der Waals surface area contributed by atoms with Gasteiger partial charge in [0, 0.05) is 38.3 Å². The number of aliphatic hydroxyl groups is 1. The molecule has 0 atom stereocenters. The van der Waals surface area contributed by atoms with Gasteiger partial charge in [-0.15, -0.1) is 0 Å². The number of amides is 1. The summed E-state index contributed by atoms with van der Waals surface area (Å²) in [6.45, 7) is 9.45. The molecule has 0 spiro atoms. The third-order valence-corrected chi connectivity index (χ3v) is 3.65. The van der Waals surface area contributed by atoms with E-state index in [0.29, 0.717) is 25.1 Å². The van der Waals surface area contributed by atoms with Crippen LogP contribution in [0.4, 0.5) is 0 Å². The number of rotatable bonds is 5. The van der Waals surface area contributed by atoms with E-state index in [9.17, 15) is 4.79 Å².